The van der Waals surface area contributed by atoms with Gasteiger partial charge in [0.25, 0.3) is 0 Å². The second-order valence-electron chi connectivity index (χ2n) is 4.72. The first-order chi connectivity index (χ1) is 8.44. The van der Waals surface area contributed by atoms with Crippen LogP contribution < -0.4 is 10.1 Å². The molecule has 1 aliphatic rings. The van der Waals surface area contributed by atoms with E-state index in [1.807, 2.05) is 13.8 Å². The fraction of sp³-hybridized carbons (Fsp3) is 0.462. The lowest BCUT2D eigenvalue weighted by molar-refractivity contribution is -0.139. The number of hydrogen-bond acceptors (Lipinski definition) is 4. The first kappa shape index (κ1) is 12.5. The summed E-state index contributed by atoms with van der Waals surface area (Å²) < 4.78 is 5.79. The standard InChI is InChI=1S/C13H17NO4/c1-3-8(6-12(16)17)13(2)14-10-5-4-9(15)7-11(10)18-13/h4-5,7-8,14-15H,3,6H2,1-2H3,(H,16,17). The van der Waals surface area contributed by atoms with Crippen molar-refractivity contribution >= 4 is 11.7 Å². The van der Waals surface area contributed by atoms with E-state index in [1.165, 1.54) is 6.07 Å². The van der Waals surface area contributed by atoms with Crippen molar-refractivity contribution in [3.8, 4) is 11.5 Å². The van der Waals surface area contributed by atoms with Crippen molar-refractivity contribution in [3.05, 3.63) is 18.2 Å². The van der Waals surface area contributed by atoms with E-state index in [0.29, 0.717) is 12.2 Å². The number of aromatic hydroxyl groups is 1. The molecule has 0 radical (unpaired) electrons. The molecule has 2 unspecified atom stereocenters. The molecular formula is C13H17NO4. The van der Waals surface area contributed by atoms with Crippen molar-refractivity contribution in [3.63, 3.8) is 0 Å². The summed E-state index contributed by atoms with van der Waals surface area (Å²) >= 11 is 0. The monoisotopic (exact) mass is 251 g/mol. The highest BCUT2D eigenvalue weighted by Crippen LogP contribution is 2.43. The Morgan fingerprint density at radius 3 is 2.89 bits per heavy atom. The Labute approximate surface area is 105 Å². The van der Waals surface area contributed by atoms with Crippen LogP contribution in [0.1, 0.15) is 26.7 Å². The minimum Gasteiger partial charge on any atom is -0.508 e. The summed E-state index contributed by atoms with van der Waals surface area (Å²) in [5.41, 5.74) is 0.0302. The van der Waals surface area contributed by atoms with Crippen molar-refractivity contribution in [1.29, 1.82) is 0 Å². The molecule has 3 N–H and O–H groups in total. The van der Waals surface area contributed by atoms with Gasteiger partial charge in [0.1, 0.15) is 11.5 Å². The molecular weight excluding hydrogens is 234 g/mol. The number of rotatable bonds is 4. The van der Waals surface area contributed by atoms with E-state index < -0.39 is 11.7 Å². The third-order valence-electron chi connectivity index (χ3n) is 3.36. The molecule has 0 amide bonds. The lowest BCUT2D eigenvalue weighted by atomic mass is 9.91. The summed E-state index contributed by atoms with van der Waals surface area (Å²) in [4.78, 5) is 10.9. The van der Waals surface area contributed by atoms with Crippen molar-refractivity contribution < 1.29 is 19.7 Å². The summed E-state index contributed by atoms with van der Waals surface area (Å²) in [6, 6.07) is 4.82. The van der Waals surface area contributed by atoms with Crippen LogP contribution in [0.4, 0.5) is 5.69 Å². The van der Waals surface area contributed by atoms with Crippen LogP contribution in [0.3, 0.4) is 0 Å². The summed E-state index contributed by atoms with van der Waals surface area (Å²) in [6.45, 7) is 3.77. The van der Waals surface area contributed by atoms with Crippen molar-refractivity contribution in [2.24, 2.45) is 5.92 Å². The zero-order valence-corrected chi connectivity index (χ0v) is 10.4. The van der Waals surface area contributed by atoms with Crippen LogP contribution in [-0.2, 0) is 4.79 Å². The number of carbonyl (C=O) groups is 1. The average molecular weight is 251 g/mol. The number of ether oxygens (including phenoxy) is 1. The Kier molecular flexibility index (Phi) is 3.07. The second kappa shape index (κ2) is 4.40. The van der Waals surface area contributed by atoms with Crippen molar-refractivity contribution in [2.75, 3.05) is 5.32 Å². The van der Waals surface area contributed by atoms with Gasteiger partial charge in [-0.1, -0.05) is 6.92 Å². The number of carboxylic acid groups (broad SMARTS) is 1. The third kappa shape index (κ3) is 2.20. The van der Waals surface area contributed by atoms with Gasteiger partial charge in [-0.3, -0.25) is 4.79 Å². The molecule has 0 aliphatic carbocycles. The van der Waals surface area contributed by atoms with E-state index in [4.69, 9.17) is 9.84 Å². The van der Waals surface area contributed by atoms with Gasteiger partial charge >= 0.3 is 5.97 Å². The fourth-order valence-electron chi connectivity index (χ4n) is 2.34. The molecule has 5 heteroatoms. The van der Waals surface area contributed by atoms with Crippen molar-refractivity contribution in [2.45, 2.75) is 32.4 Å². The fourth-order valence-corrected chi connectivity index (χ4v) is 2.34. The number of fused-ring (bicyclic) bond motifs is 1. The van der Waals surface area contributed by atoms with E-state index in [-0.39, 0.29) is 18.1 Å². The minimum atomic E-state index is -0.840. The maximum atomic E-state index is 10.9. The number of benzene rings is 1. The molecule has 0 saturated carbocycles. The molecule has 1 aromatic carbocycles. The molecule has 98 valence electrons. The molecule has 2 rings (SSSR count). The molecule has 1 aromatic rings. The highest BCUT2D eigenvalue weighted by Gasteiger charge is 2.41. The largest absolute Gasteiger partial charge is 0.508 e. The number of phenolic OH excluding ortho intramolecular Hbond substituents is 1. The summed E-state index contributed by atoms with van der Waals surface area (Å²) in [7, 11) is 0. The molecule has 18 heavy (non-hydrogen) atoms. The molecule has 0 bridgehead atoms. The Morgan fingerprint density at radius 2 is 2.28 bits per heavy atom. The minimum absolute atomic E-state index is 0.0416. The molecule has 0 saturated heterocycles. The smallest absolute Gasteiger partial charge is 0.303 e. The van der Waals surface area contributed by atoms with Crippen LogP contribution in [-0.4, -0.2) is 21.9 Å². The molecule has 0 aromatic heterocycles. The zero-order chi connectivity index (χ0) is 13.3. The van der Waals surface area contributed by atoms with Gasteiger partial charge in [0.15, 0.2) is 5.72 Å². The summed E-state index contributed by atoms with van der Waals surface area (Å²) in [5, 5.41) is 21.5. The lowest BCUT2D eigenvalue weighted by Crippen LogP contribution is -2.45. The highest BCUT2D eigenvalue weighted by molar-refractivity contribution is 5.68. The number of nitrogens with one attached hydrogen (secondary N) is 1. The number of carboxylic acids is 1. The Bertz CT molecular complexity index is 474. The van der Waals surface area contributed by atoms with Crippen LogP contribution in [0, 0.1) is 5.92 Å². The van der Waals surface area contributed by atoms with Gasteiger partial charge in [-0.25, -0.2) is 0 Å². The van der Waals surface area contributed by atoms with Gasteiger partial charge in [0, 0.05) is 12.0 Å². The van der Waals surface area contributed by atoms with E-state index in [1.54, 1.807) is 12.1 Å². The molecule has 2 atom stereocenters. The maximum Gasteiger partial charge on any atom is 0.303 e. The number of hydrogen-bond donors (Lipinski definition) is 3. The van der Waals surface area contributed by atoms with Crippen LogP contribution in [0.15, 0.2) is 18.2 Å². The van der Waals surface area contributed by atoms with Gasteiger partial charge in [-0.2, -0.15) is 0 Å². The van der Waals surface area contributed by atoms with Gasteiger partial charge in [-0.05, 0) is 25.5 Å². The first-order valence-corrected chi connectivity index (χ1v) is 5.96. The maximum absolute atomic E-state index is 10.9. The number of aliphatic carboxylic acids is 1. The predicted molar refractivity (Wildman–Crippen MR) is 66.8 cm³/mol. The van der Waals surface area contributed by atoms with Crippen LogP contribution >= 0.6 is 0 Å². The molecule has 1 aliphatic heterocycles. The van der Waals surface area contributed by atoms with E-state index in [2.05, 4.69) is 5.32 Å². The highest BCUT2D eigenvalue weighted by atomic mass is 16.5. The van der Waals surface area contributed by atoms with Crippen LogP contribution in [0.5, 0.6) is 11.5 Å². The number of anilines is 1. The molecule has 0 spiro atoms. The van der Waals surface area contributed by atoms with Gasteiger partial charge in [0.2, 0.25) is 0 Å². The normalized spacial score (nSPS) is 22.8. The van der Waals surface area contributed by atoms with E-state index >= 15 is 0 Å². The van der Waals surface area contributed by atoms with Crippen LogP contribution in [0.25, 0.3) is 0 Å². The Balaban J connectivity index is 2.23. The van der Waals surface area contributed by atoms with E-state index in [0.717, 1.165) is 5.69 Å². The summed E-state index contributed by atoms with van der Waals surface area (Å²) in [5.74, 6) is -0.302. The quantitative estimate of drug-likeness (QED) is 0.716. The lowest BCUT2D eigenvalue weighted by Gasteiger charge is -2.32. The van der Waals surface area contributed by atoms with E-state index in [9.17, 15) is 9.90 Å². The zero-order valence-electron chi connectivity index (χ0n) is 10.4. The molecule has 5 nitrogen and oxygen atoms in total. The van der Waals surface area contributed by atoms with Gasteiger partial charge < -0.3 is 20.3 Å². The molecule has 0 fully saturated rings. The van der Waals surface area contributed by atoms with Gasteiger partial charge in [-0.15, -0.1) is 0 Å². The van der Waals surface area contributed by atoms with Gasteiger partial charge in [0.05, 0.1) is 12.1 Å². The Morgan fingerprint density at radius 1 is 1.56 bits per heavy atom. The second-order valence-corrected chi connectivity index (χ2v) is 4.72. The summed E-state index contributed by atoms with van der Waals surface area (Å²) in [6.07, 6.45) is 0.732. The Hall–Kier alpha value is -1.91. The predicted octanol–water partition coefficient (Wildman–Crippen LogP) is 2.41. The SMILES string of the molecule is CCC(CC(=O)O)C1(C)Nc2ccc(O)cc2O1. The number of phenols is 1. The average Bonchev–Trinajstić information content (AvgIpc) is 2.62. The third-order valence-corrected chi connectivity index (χ3v) is 3.36. The van der Waals surface area contributed by atoms with Crippen molar-refractivity contribution in [1.82, 2.24) is 0 Å². The molecule has 1 heterocycles. The topological polar surface area (TPSA) is 78.8 Å². The van der Waals surface area contributed by atoms with Crippen LogP contribution in [0.2, 0.25) is 0 Å². The first-order valence-electron chi connectivity index (χ1n) is 5.96.